The van der Waals surface area contributed by atoms with E-state index in [0.29, 0.717) is 15.6 Å². The summed E-state index contributed by atoms with van der Waals surface area (Å²) in [5.74, 6) is -6.00. The molecule has 4 nitrogen and oxygen atoms in total. The van der Waals surface area contributed by atoms with Gasteiger partial charge in [-0.1, -0.05) is 15.9 Å². The smallest absolute Gasteiger partial charge is 0.379 e. The lowest BCUT2D eigenvalue weighted by molar-refractivity contribution is -0.174. The second-order valence-corrected chi connectivity index (χ2v) is 5.18. The van der Waals surface area contributed by atoms with Crippen molar-refractivity contribution in [1.29, 1.82) is 0 Å². The van der Waals surface area contributed by atoms with Crippen LogP contribution in [0.5, 0.6) is 5.75 Å². The number of aromatic hydroxyl groups is 1. The number of phenols is 1. The van der Waals surface area contributed by atoms with E-state index in [1.165, 1.54) is 19.9 Å². The number of hydrogen-bond acceptors (Lipinski definition) is 4. The first-order chi connectivity index (χ1) is 9.14. The number of rotatable bonds is 4. The molecule has 3 N–H and O–H groups in total. The molecule has 8 heteroatoms. The number of hydrogen-bond donors (Lipinski definition) is 2. The second-order valence-electron chi connectivity index (χ2n) is 4.39. The average Bonchev–Trinajstić information content (AvgIpc) is 2.36. The Morgan fingerprint density at radius 2 is 2.05 bits per heavy atom. The molecular formula is C13H17BrClF2NO3. The lowest BCUT2D eigenvalue weighted by atomic mass is 9.94. The summed E-state index contributed by atoms with van der Waals surface area (Å²) in [6.07, 6.45) is 0. The summed E-state index contributed by atoms with van der Waals surface area (Å²) in [5.41, 5.74) is 6.35. The van der Waals surface area contributed by atoms with E-state index >= 15 is 0 Å². The van der Waals surface area contributed by atoms with E-state index in [1.54, 1.807) is 6.92 Å². The first kappa shape index (κ1) is 20.1. The number of carbonyl (C=O) groups excluding carboxylic acids is 1. The maximum absolute atomic E-state index is 13.9. The molecule has 0 fully saturated rings. The van der Waals surface area contributed by atoms with Gasteiger partial charge in [-0.2, -0.15) is 8.78 Å². The third-order valence-electron chi connectivity index (χ3n) is 2.96. The van der Waals surface area contributed by atoms with Crippen LogP contribution in [0.2, 0.25) is 0 Å². The van der Waals surface area contributed by atoms with E-state index in [4.69, 9.17) is 5.73 Å². The topological polar surface area (TPSA) is 72.5 Å². The van der Waals surface area contributed by atoms with Crippen LogP contribution < -0.4 is 5.73 Å². The molecule has 0 aliphatic carbocycles. The summed E-state index contributed by atoms with van der Waals surface area (Å²) in [5, 5.41) is 9.86. The minimum Gasteiger partial charge on any atom is -0.508 e. The van der Waals surface area contributed by atoms with Crippen molar-refractivity contribution in [2.24, 2.45) is 5.73 Å². The Morgan fingerprint density at radius 1 is 1.52 bits per heavy atom. The number of aryl methyl sites for hydroxylation is 1. The highest BCUT2D eigenvalue weighted by molar-refractivity contribution is 9.10. The van der Waals surface area contributed by atoms with Crippen LogP contribution in [0.15, 0.2) is 10.5 Å². The van der Waals surface area contributed by atoms with Crippen LogP contribution in [0.4, 0.5) is 8.78 Å². The molecule has 0 aromatic heterocycles. The van der Waals surface area contributed by atoms with E-state index in [-0.39, 0.29) is 30.3 Å². The Balaban J connectivity index is 0.00000400. The molecule has 0 amide bonds. The molecule has 21 heavy (non-hydrogen) atoms. The van der Waals surface area contributed by atoms with Gasteiger partial charge in [-0.15, -0.1) is 12.4 Å². The van der Waals surface area contributed by atoms with Gasteiger partial charge in [0.15, 0.2) is 0 Å². The van der Waals surface area contributed by atoms with Crippen molar-refractivity contribution in [2.75, 3.05) is 6.61 Å². The van der Waals surface area contributed by atoms with E-state index in [0.717, 1.165) is 0 Å². The second kappa shape index (κ2) is 7.38. The molecule has 0 unspecified atom stereocenters. The van der Waals surface area contributed by atoms with Crippen LogP contribution in [0.3, 0.4) is 0 Å². The summed E-state index contributed by atoms with van der Waals surface area (Å²) in [7, 11) is 0. The summed E-state index contributed by atoms with van der Waals surface area (Å²) < 4.78 is 32.8. The highest BCUT2D eigenvalue weighted by atomic mass is 79.9. The van der Waals surface area contributed by atoms with Crippen molar-refractivity contribution in [2.45, 2.75) is 32.7 Å². The summed E-state index contributed by atoms with van der Waals surface area (Å²) in [4.78, 5) is 11.3. The molecule has 1 atom stereocenters. The Morgan fingerprint density at radius 3 is 2.52 bits per heavy atom. The predicted molar refractivity (Wildman–Crippen MR) is 81.0 cm³/mol. The number of phenolic OH excluding ortho intramolecular Hbond substituents is 1. The van der Waals surface area contributed by atoms with Crippen LogP contribution in [0.1, 0.15) is 29.7 Å². The van der Waals surface area contributed by atoms with Crippen molar-refractivity contribution in [3.63, 3.8) is 0 Å². The SMILES string of the molecule is CCOC(=O)C(F)(F)[C@H](N)c1c(O)cc(C)c(Br)c1C.Cl. The number of halogens is 4. The van der Waals surface area contributed by atoms with Gasteiger partial charge in [0.2, 0.25) is 0 Å². The van der Waals surface area contributed by atoms with E-state index in [9.17, 15) is 18.7 Å². The lowest BCUT2D eigenvalue weighted by Crippen LogP contribution is -2.42. The Hall–Kier alpha value is -0.920. The Bertz CT molecular complexity index is 541. The highest BCUT2D eigenvalue weighted by Gasteiger charge is 2.49. The van der Waals surface area contributed by atoms with Crippen molar-refractivity contribution >= 4 is 34.3 Å². The van der Waals surface area contributed by atoms with E-state index in [1.807, 2.05) is 0 Å². The minimum atomic E-state index is -3.92. The lowest BCUT2D eigenvalue weighted by Gasteiger charge is -2.25. The highest BCUT2D eigenvalue weighted by Crippen LogP contribution is 2.40. The molecular weight excluding hydrogens is 372 g/mol. The number of nitrogens with two attached hydrogens (primary N) is 1. The first-order valence-electron chi connectivity index (χ1n) is 5.93. The maximum atomic E-state index is 13.9. The number of alkyl halides is 2. The molecule has 1 rings (SSSR count). The fraction of sp³-hybridized carbons (Fsp3) is 0.462. The third kappa shape index (κ3) is 3.84. The third-order valence-corrected chi connectivity index (χ3v) is 4.18. The molecule has 0 spiro atoms. The fourth-order valence-corrected chi connectivity index (χ4v) is 2.21. The quantitative estimate of drug-likeness (QED) is 0.776. The normalized spacial score (nSPS) is 12.5. The zero-order chi connectivity index (χ0) is 15.7. The fourth-order valence-electron chi connectivity index (χ4n) is 1.88. The zero-order valence-electron chi connectivity index (χ0n) is 11.7. The summed E-state index contributed by atoms with van der Waals surface area (Å²) in [6, 6.07) is -0.675. The van der Waals surface area contributed by atoms with Gasteiger partial charge in [-0.25, -0.2) is 4.79 Å². The van der Waals surface area contributed by atoms with Gasteiger partial charge in [0.25, 0.3) is 0 Å². The van der Waals surface area contributed by atoms with Crippen molar-refractivity contribution < 1.29 is 23.4 Å². The summed E-state index contributed by atoms with van der Waals surface area (Å²) >= 11 is 3.24. The van der Waals surface area contributed by atoms with Crippen molar-refractivity contribution in [1.82, 2.24) is 0 Å². The largest absolute Gasteiger partial charge is 0.508 e. The molecule has 0 aliphatic rings. The molecule has 1 aromatic rings. The number of ether oxygens (including phenoxy) is 1. The molecule has 0 bridgehead atoms. The van der Waals surface area contributed by atoms with Crippen molar-refractivity contribution in [3.8, 4) is 5.75 Å². The van der Waals surface area contributed by atoms with Gasteiger partial charge in [0.05, 0.1) is 6.61 Å². The van der Waals surface area contributed by atoms with E-state index in [2.05, 4.69) is 20.7 Å². The van der Waals surface area contributed by atoms with E-state index < -0.39 is 17.9 Å². The standard InChI is InChI=1S/C13H16BrF2NO3.ClH/c1-4-20-12(19)13(15,16)11(17)9-7(3)10(14)6(2)5-8(9)18;/h5,11,18H,4,17H2,1-3H3;1H/t11-;/m1./s1. The molecule has 0 heterocycles. The molecule has 0 radical (unpaired) electrons. The Kier molecular flexibility index (Phi) is 7.05. The monoisotopic (exact) mass is 387 g/mol. The molecule has 0 saturated carbocycles. The van der Waals surface area contributed by atoms with Crippen LogP contribution >= 0.6 is 28.3 Å². The predicted octanol–water partition coefficient (Wildman–Crippen LogP) is 3.39. The molecule has 0 saturated heterocycles. The van der Waals surface area contributed by atoms with Crippen LogP contribution in [-0.2, 0) is 9.53 Å². The van der Waals surface area contributed by atoms with Crippen LogP contribution in [0.25, 0.3) is 0 Å². The van der Waals surface area contributed by atoms with Gasteiger partial charge in [0.1, 0.15) is 11.8 Å². The van der Waals surface area contributed by atoms with Crippen LogP contribution in [-0.4, -0.2) is 23.6 Å². The van der Waals surface area contributed by atoms with Gasteiger partial charge < -0.3 is 15.6 Å². The minimum absolute atomic E-state index is 0. The summed E-state index contributed by atoms with van der Waals surface area (Å²) in [6.45, 7) is 4.48. The van der Waals surface area contributed by atoms with Gasteiger partial charge in [-0.3, -0.25) is 0 Å². The Labute approximate surface area is 136 Å². The van der Waals surface area contributed by atoms with Gasteiger partial charge >= 0.3 is 11.9 Å². The molecule has 0 aliphatic heterocycles. The first-order valence-corrected chi connectivity index (χ1v) is 6.73. The van der Waals surface area contributed by atoms with Crippen LogP contribution in [0, 0.1) is 13.8 Å². The maximum Gasteiger partial charge on any atom is 0.379 e. The van der Waals surface area contributed by atoms with Gasteiger partial charge in [0, 0.05) is 10.0 Å². The van der Waals surface area contributed by atoms with Crippen molar-refractivity contribution in [3.05, 3.63) is 27.2 Å². The zero-order valence-corrected chi connectivity index (χ0v) is 14.1. The average molecular weight is 389 g/mol. The number of carbonyl (C=O) groups is 1. The van der Waals surface area contributed by atoms with Gasteiger partial charge in [-0.05, 0) is 38.0 Å². The molecule has 120 valence electrons. The number of benzene rings is 1. The molecule has 1 aromatic carbocycles. The number of esters is 1.